The lowest BCUT2D eigenvalue weighted by Gasteiger charge is -2.49. The number of likely N-dealkylation sites (tertiary alicyclic amines) is 2. The van der Waals surface area contributed by atoms with Gasteiger partial charge in [0, 0.05) is 36.1 Å². The highest BCUT2D eigenvalue weighted by molar-refractivity contribution is 9.10. The largest absolute Gasteiger partial charge is 0.444 e. The summed E-state index contributed by atoms with van der Waals surface area (Å²) >= 11 is 3.52. The van der Waals surface area contributed by atoms with Gasteiger partial charge in [-0.1, -0.05) is 33.2 Å². The summed E-state index contributed by atoms with van der Waals surface area (Å²) in [5.74, 6) is 0.352. The molecule has 1 aromatic rings. The zero-order valence-corrected chi connectivity index (χ0v) is 22.9. The van der Waals surface area contributed by atoms with Crippen LogP contribution in [0, 0.1) is 5.92 Å². The number of ether oxygens (including phenoxy) is 2. The van der Waals surface area contributed by atoms with E-state index in [1.807, 2.05) is 25.7 Å². The predicted octanol–water partition coefficient (Wildman–Crippen LogP) is 5.32. The van der Waals surface area contributed by atoms with Crippen molar-refractivity contribution in [1.82, 2.24) is 9.80 Å². The van der Waals surface area contributed by atoms with Crippen molar-refractivity contribution in [2.45, 2.75) is 64.5 Å². The van der Waals surface area contributed by atoms with Gasteiger partial charge < -0.3 is 19.2 Å². The van der Waals surface area contributed by atoms with Crippen LogP contribution in [0.15, 0.2) is 33.9 Å². The molecular formula is C26H40BrN3O4. The van der Waals surface area contributed by atoms with E-state index in [9.17, 15) is 4.79 Å². The third-order valence-electron chi connectivity index (χ3n) is 6.82. The van der Waals surface area contributed by atoms with E-state index in [1.54, 1.807) is 7.11 Å². The lowest BCUT2D eigenvalue weighted by Crippen LogP contribution is -2.57. The first-order chi connectivity index (χ1) is 16.1. The molecule has 0 bridgehead atoms. The number of carbonyl (C=O) groups is 1. The zero-order chi connectivity index (χ0) is 24.8. The molecule has 0 N–H and O–H groups in total. The number of amides is 1. The Morgan fingerprint density at radius 1 is 1.09 bits per heavy atom. The fourth-order valence-corrected chi connectivity index (χ4v) is 4.99. The van der Waals surface area contributed by atoms with Gasteiger partial charge >= 0.3 is 6.09 Å². The number of oxime groups is 1. The zero-order valence-electron chi connectivity index (χ0n) is 21.3. The molecule has 0 spiro atoms. The normalized spacial score (nSPS) is 20.3. The first-order valence-electron chi connectivity index (χ1n) is 12.3. The van der Waals surface area contributed by atoms with Gasteiger partial charge in [-0.2, -0.15) is 0 Å². The smallest absolute Gasteiger partial charge is 0.410 e. The molecule has 7 nitrogen and oxygen atoms in total. The van der Waals surface area contributed by atoms with Gasteiger partial charge in [0.2, 0.25) is 0 Å². The molecule has 0 unspecified atom stereocenters. The van der Waals surface area contributed by atoms with Gasteiger partial charge in [0.25, 0.3) is 0 Å². The number of hydrogen-bond acceptors (Lipinski definition) is 6. The average molecular weight is 539 g/mol. The van der Waals surface area contributed by atoms with Gasteiger partial charge in [-0.25, -0.2) is 4.79 Å². The van der Waals surface area contributed by atoms with Crippen molar-refractivity contribution in [3.05, 3.63) is 34.3 Å². The Hall–Kier alpha value is -1.64. The molecule has 0 radical (unpaired) electrons. The van der Waals surface area contributed by atoms with Gasteiger partial charge in [-0.15, -0.1) is 0 Å². The van der Waals surface area contributed by atoms with Crippen LogP contribution in [0.4, 0.5) is 4.79 Å². The van der Waals surface area contributed by atoms with E-state index >= 15 is 0 Å². The summed E-state index contributed by atoms with van der Waals surface area (Å²) in [5, 5.41) is 4.54. The minimum Gasteiger partial charge on any atom is -0.444 e. The SMILES string of the molecule is COCCO/N=C(/c1ccc(Br)cc1)C1CCN(C2(C)CCN(C(=O)OC(C)(C)C)CC2)CC1. The fraction of sp³-hybridized carbons (Fsp3) is 0.692. The minimum absolute atomic E-state index is 0.105. The maximum absolute atomic E-state index is 12.5. The highest BCUT2D eigenvalue weighted by atomic mass is 79.9. The Kier molecular flexibility index (Phi) is 9.41. The fourth-order valence-electron chi connectivity index (χ4n) is 4.73. The van der Waals surface area contributed by atoms with Crippen molar-refractivity contribution in [1.29, 1.82) is 0 Å². The van der Waals surface area contributed by atoms with Gasteiger partial charge in [0.15, 0.2) is 0 Å². The molecule has 2 heterocycles. The van der Waals surface area contributed by atoms with E-state index in [0.29, 0.717) is 19.1 Å². The monoisotopic (exact) mass is 537 g/mol. The van der Waals surface area contributed by atoms with Gasteiger partial charge in [-0.3, -0.25) is 4.90 Å². The second-order valence-corrected chi connectivity index (χ2v) is 11.5. The molecule has 0 saturated carbocycles. The van der Waals surface area contributed by atoms with Crippen LogP contribution < -0.4 is 0 Å². The summed E-state index contributed by atoms with van der Waals surface area (Å²) in [5.41, 5.74) is 1.78. The Balaban J connectivity index is 1.59. The summed E-state index contributed by atoms with van der Waals surface area (Å²) in [6.07, 6.45) is 3.80. The number of methoxy groups -OCH3 is 1. The van der Waals surface area contributed by atoms with E-state index in [1.165, 1.54) is 0 Å². The first kappa shape index (κ1) is 27.0. The maximum Gasteiger partial charge on any atom is 0.410 e. The van der Waals surface area contributed by atoms with Crippen LogP contribution in [0.5, 0.6) is 0 Å². The highest BCUT2D eigenvalue weighted by Gasteiger charge is 2.40. The van der Waals surface area contributed by atoms with Crippen LogP contribution >= 0.6 is 15.9 Å². The number of carbonyl (C=O) groups excluding carboxylic acids is 1. The Labute approximate surface area is 212 Å². The predicted molar refractivity (Wildman–Crippen MR) is 138 cm³/mol. The van der Waals surface area contributed by atoms with Crippen LogP contribution in [0.2, 0.25) is 0 Å². The molecule has 0 aromatic heterocycles. The van der Waals surface area contributed by atoms with Gasteiger partial charge in [-0.05, 0) is 84.2 Å². The van der Waals surface area contributed by atoms with Crippen LogP contribution in [0.25, 0.3) is 0 Å². The Morgan fingerprint density at radius 3 is 2.26 bits per heavy atom. The molecule has 2 saturated heterocycles. The van der Waals surface area contributed by atoms with E-state index in [2.05, 4.69) is 57.2 Å². The summed E-state index contributed by atoms with van der Waals surface area (Å²) in [7, 11) is 1.66. The van der Waals surface area contributed by atoms with E-state index in [0.717, 1.165) is 67.6 Å². The van der Waals surface area contributed by atoms with Crippen LogP contribution in [-0.4, -0.2) is 79.2 Å². The second-order valence-electron chi connectivity index (χ2n) is 10.5. The van der Waals surface area contributed by atoms with E-state index in [4.69, 9.17) is 14.3 Å². The number of piperidine rings is 2. The van der Waals surface area contributed by atoms with Crippen molar-refractivity contribution >= 4 is 27.7 Å². The molecule has 0 atom stereocenters. The molecule has 0 aliphatic carbocycles. The molecule has 34 heavy (non-hydrogen) atoms. The topological polar surface area (TPSA) is 63.6 Å². The van der Waals surface area contributed by atoms with Crippen molar-refractivity contribution in [3.8, 4) is 0 Å². The van der Waals surface area contributed by atoms with Crippen molar-refractivity contribution in [3.63, 3.8) is 0 Å². The molecule has 2 aliphatic heterocycles. The number of benzene rings is 1. The molecule has 190 valence electrons. The average Bonchev–Trinajstić information content (AvgIpc) is 2.79. The standard InChI is InChI=1S/C26H40BrN3O4/c1-25(2,3)34-24(31)29-16-12-26(4,13-17-29)30-14-10-21(11-15-30)23(28-33-19-18-32-5)20-6-8-22(27)9-7-20/h6-9,21H,10-19H2,1-5H3/b28-23-. The van der Waals surface area contributed by atoms with Crippen LogP contribution in [0.1, 0.15) is 58.9 Å². The number of halogens is 1. The van der Waals surface area contributed by atoms with Crippen LogP contribution in [0.3, 0.4) is 0 Å². The summed E-state index contributed by atoms with van der Waals surface area (Å²) in [6.45, 7) is 12.6. The lowest BCUT2D eigenvalue weighted by molar-refractivity contribution is -0.00834. The highest BCUT2D eigenvalue weighted by Crippen LogP contribution is 2.34. The summed E-state index contributed by atoms with van der Waals surface area (Å²) in [6, 6.07) is 8.30. The summed E-state index contributed by atoms with van der Waals surface area (Å²) in [4.78, 5) is 22.5. The minimum atomic E-state index is -0.457. The second kappa shape index (κ2) is 11.9. The van der Waals surface area contributed by atoms with E-state index in [-0.39, 0.29) is 11.6 Å². The third kappa shape index (κ3) is 7.43. The number of nitrogens with zero attached hydrogens (tertiary/aromatic N) is 3. The van der Waals surface area contributed by atoms with Gasteiger partial charge in [0.1, 0.15) is 12.2 Å². The number of hydrogen-bond donors (Lipinski definition) is 0. The molecule has 2 aliphatic rings. The molecule has 1 aromatic carbocycles. The number of rotatable bonds is 7. The van der Waals surface area contributed by atoms with Crippen molar-refractivity contribution < 1.29 is 19.1 Å². The van der Waals surface area contributed by atoms with Crippen LogP contribution in [-0.2, 0) is 14.3 Å². The third-order valence-corrected chi connectivity index (χ3v) is 7.35. The first-order valence-corrected chi connectivity index (χ1v) is 13.1. The summed E-state index contributed by atoms with van der Waals surface area (Å²) < 4.78 is 11.7. The van der Waals surface area contributed by atoms with Gasteiger partial charge in [0.05, 0.1) is 12.3 Å². The molecule has 3 rings (SSSR count). The molecule has 1 amide bonds. The van der Waals surface area contributed by atoms with E-state index < -0.39 is 5.60 Å². The Bertz CT molecular complexity index is 821. The Morgan fingerprint density at radius 2 is 1.71 bits per heavy atom. The lowest BCUT2D eigenvalue weighted by atomic mass is 9.82. The maximum atomic E-state index is 12.5. The molecule has 8 heteroatoms. The molecule has 2 fully saturated rings. The molecular weight excluding hydrogens is 498 g/mol. The van der Waals surface area contributed by atoms with Crippen molar-refractivity contribution in [2.24, 2.45) is 11.1 Å². The quantitative estimate of drug-likeness (QED) is 0.267. The van der Waals surface area contributed by atoms with Crippen molar-refractivity contribution in [2.75, 3.05) is 46.5 Å².